The third-order valence-corrected chi connectivity index (χ3v) is 2.98. The second-order valence-corrected chi connectivity index (χ2v) is 5.46. The highest BCUT2D eigenvalue weighted by atomic mass is 16.5. The Kier molecular flexibility index (Phi) is 6.66. The lowest BCUT2D eigenvalue weighted by Crippen LogP contribution is -2.41. The van der Waals surface area contributed by atoms with Crippen molar-refractivity contribution in [1.29, 1.82) is 0 Å². The van der Waals surface area contributed by atoms with Crippen molar-refractivity contribution in [2.24, 2.45) is 5.92 Å². The Bertz CT molecular complexity index is 521. The largest absolute Gasteiger partial charge is 0.467 e. The number of ether oxygens (including phenoxy) is 1. The third-order valence-electron chi connectivity index (χ3n) is 2.98. The lowest BCUT2D eigenvalue weighted by atomic mass is 10.0. The molecule has 0 fully saturated rings. The summed E-state index contributed by atoms with van der Waals surface area (Å²) in [5.74, 6) is -0.427. The Balaban J connectivity index is 2.67. The molecule has 1 unspecified atom stereocenters. The zero-order chi connectivity index (χ0) is 15.8. The van der Waals surface area contributed by atoms with Crippen LogP contribution in [0.25, 0.3) is 6.08 Å². The van der Waals surface area contributed by atoms with Crippen LogP contribution in [0.15, 0.2) is 30.3 Å². The molecular weight excluding hydrogens is 266 g/mol. The monoisotopic (exact) mass is 289 g/mol. The highest BCUT2D eigenvalue weighted by molar-refractivity contribution is 5.94. The summed E-state index contributed by atoms with van der Waals surface area (Å²) in [6, 6.07) is 7.22. The van der Waals surface area contributed by atoms with Gasteiger partial charge >= 0.3 is 5.97 Å². The van der Waals surface area contributed by atoms with Crippen LogP contribution in [0.3, 0.4) is 0 Å². The normalized spacial score (nSPS) is 12.4. The molecule has 114 valence electrons. The minimum atomic E-state index is -0.607. The summed E-state index contributed by atoms with van der Waals surface area (Å²) in [6.45, 7) is 5.97. The van der Waals surface area contributed by atoms with E-state index < -0.39 is 12.0 Å². The maximum absolute atomic E-state index is 11.9. The zero-order valence-corrected chi connectivity index (χ0v) is 13.1. The van der Waals surface area contributed by atoms with Crippen molar-refractivity contribution < 1.29 is 14.3 Å². The third kappa shape index (κ3) is 6.25. The first-order chi connectivity index (χ1) is 9.92. The standard InChI is InChI=1S/C17H23NO3/c1-12(2)10-15(17(20)21-4)18-16(19)9-8-14-7-5-6-13(3)11-14/h5-9,11-12,15H,10H2,1-4H3,(H,18,19)/b9-8+. The van der Waals surface area contributed by atoms with Gasteiger partial charge in [0.05, 0.1) is 7.11 Å². The van der Waals surface area contributed by atoms with Gasteiger partial charge in [-0.15, -0.1) is 0 Å². The smallest absolute Gasteiger partial charge is 0.328 e. The SMILES string of the molecule is COC(=O)C(CC(C)C)NC(=O)/C=C/c1cccc(C)c1. The summed E-state index contributed by atoms with van der Waals surface area (Å²) in [6.07, 6.45) is 3.72. The first-order valence-electron chi connectivity index (χ1n) is 7.05. The first-order valence-corrected chi connectivity index (χ1v) is 7.05. The van der Waals surface area contributed by atoms with E-state index in [2.05, 4.69) is 5.32 Å². The van der Waals surface area contributed by atoms with Crippen LogP contribution in [0, 0.1) is 12.8 Å². The molecule has 4 nitrogen and oxygen atoms in total. The Morgan fingerprint density at radius 3 is 2.62 bits per heavy atom. The Hall–Kier alpha value is -2.10. The summed E-state index contributed by atoms with van der Waals surface area (Å²) in [5.41, 5.74) is 2.08. The second-order valence-electron chi connectivity index (χ2n) is 5.46. The molecule has 1 aromatic carbocycles. The number of benzene rings is 1. The van der Waals surface area contributed by atoms with Crippen LogP contribution in [0.1, 0.15) is 31.4 Å². The quantitative estimate of drug-likeness (QED) is 0.647. The molecule has 0 aliphatic heterocycles. The molecule has 1 atom stereocenters. The van der Waals surface area contributed by atoms with Crippen LogP contribution in [0.2, 0.25) is 0 Å². The topological polar surface area (TPSA) is 55.4 Å². The van der Waals surface area contributed by atoms with Gasteiger partial charge in [-0.3, -0.25) is 4.79 Å². The van der Waals surface area contributed by atoms with Crippen LogP contribution in [-0.4, -0.2) is 25.0 Å². The lowest BCUT2D eigenvalue weighted by molar-refractivity contribution is -0.145. The number of rotatable bonds is 6. The maximum Gasteiger partial charge on any atom is 0.328 e. The number of aryl methyl sites for hydroxylation is 1. The van der Waals surface area contributed by atoms with Crippen LogP contribution in [0.4, 0.5) is 0 Å². The van der Waals surface area contributed by atoms with Crippen LogP contribution in [-0.2, 0) is 14.3 Å². The van der Waals surface area contributed by atoms with Crippen LogP contribution < -0.4 is 5.32 Å². The number of carbonyl (C=O) groups is 2. The van der Waals surface area contributed by atoms with E-state index in [9.17, 15) is 9.59 Å². The van der Waals surface area contributed by atoms with Gasteiger partial charge in [-0.05, 0) is 30.9 Å². The van der Waals surface area contributed by atoms with Crippen LogP contribution in [0.5, 0.6) is 0 Å². The minimum Gasteiger partial charge on any atom is -0.467 e. The van der Waals surface area contributed by atoms with Gasteiger partial charge in [-0.25, -0.2) is 4.79 Å². The van der Waals surface area contributed by atoms with Gasteiger partial charge < -0.3 is 10.1 Å². The molecule has 1 amide bonds. The van der Waals surface area contributed by atoms with E-state index in [0.29, 0.717) is 6.42 Å². The van der Waals surface area contributed by atoms with E-state index in [4.69, 9.17) is 4.74 Å². The molecule has 1 N–H and O–H groups in total. The summed E-state index contributed by atoms with van der Waals surface area (Å²) >= 11 is 0. The number of carbonyl (C=O) groups excluding carboxylic acids is 2. The molecule has 0 aliphatic rings. The molecule has 21 heavy (non-hydrogen) atoms. The number of hydrogen-bond donors (Lipinski definition) is 1. The van der Waals surface area contributed by atoms with Crippen molar-refractivity contribution in [3.8, 4) is 0 Å². The van der Waals surface area contributed by atoms with E-state index in [0.717, 1.165) is 11.1 Å². The molecule has 0 heterocycles. The van der Waals surface area contributed by atoms with Gasteiger partial charge in [0.25, 0.3) is 0 Å². The summed E-state index contributed by atoms with van der Waals surface area (Å²) in [4.78, 5) is 23.5. The van der Waals surface area contributed by atoms with Gasteiger partial charge in [0, 0.05) is 6.08 Å². The molecule has 0 bridgehead atoms. The minimum absolute atomic E-state index is 0.287. The molecule has 0 saturated heterocycles. The molecule has 0 spiro atoms. The highest BCUT2D eigenvalue weighted by Crippen LogP contribution is 2.08. The van der Waals surface area contributed by atoms with Crippen molar-refractivity contribution in [2.45, 2.75) is 33.2 Å². The molecule has 1 aromatic rings. The number of nitrogens with one attached hydrogen (secondary N) is 1. The zero-order valence-electron chi connectivity index (χ0n) is 13.1. The van der Waals surface area contributed by atoms with Crippen molar-refractivity contribution in [2.75, 3.05) is 7.11 Å². The fourth-order valence-corrected chi connectivity index (χ4v) is 1.99. The number of hydrogen-bond acceptors (Lipinski definition) is 3. The van der Waals surface area contributed by atoms with E-state index in [1.54, 1.807) is 6.08 Å². The predicted octanol–water partition coefficient (Wildman–Crippen LogP) is 2.71. The van der Waals surface area contributed by atoms with Crippen molar-refractivity contribution in [3.63, 3.8) is 0 Å². The number of amides is 1. The fraction of sp³-hybridized carbons (Fsp3) is 0.412. The molecule has 4 heteroatoms. The van der Waals surface area contributed by atoms with E-state index >= 15 is 0 Å². The molecule has 1 rings (SSSR count). The molecule has 0 aliphatic carbocycles. The van der Waals surface area contributed by atoms with Crippen molar-refractivity contribution in [3.05, 3.63) is 41.5 Å². The average Bonchev–Trinajstić information content (AvgIpc) is 2.43. The predicted molar refractivity (Wildman–Crippen MR) is 83.6 cm³/mol. The van der Waals surface area contributed by atoms with E-state index in [-0.39, 0.29) is 11.8 Å². The van der Waals surface area contributed by atoms with E-state index in [1.165, 1.54) is 13.2 Å². The summed E-state index contributed by atoms with van der Waals surface area (Å²) in [5, 5.41) is 2.68. The van der Waals surface area contributed by atoms with Gasteiger partial charge in [0.15, 0.2) is 0 Å². The number of methoxy groups -OCH3 is 1. The summed E-state index contributed by atoms with van der Waals surface area (Å²) < 4.78 is 4.71. The number of esters is 1. The summed E-state index contributed by atoms with van der Waals surface area (Å²) in [7, 11) is 1.32. The molecule has 0 aromatic heterocycles. The Morgan fingerprint density at radius 1 is 1.33 bits per heavy atom. The highest BCUT2D eigenvalue weighted by Gasteiger charge is 2.21. The first kappa shape index (κ1) is 17.0. The van der Waals surface area contributed by atoms with Crippen molar-refractivity contribution in [1.82, 2.24) is 5.32 Å². The van der Waals surface area contributed by atoms with Gasteiger partial charge in [-0.2, -0.15) is 0 Å². The Labute approximate surface area is 126 Å². The lowest BCUT2D eigenvalue weighted by Gasteiger charge is -2.17. The van der Waals surface area contributed by atoms with Crippen LogP contribution >= 0.6 is 0 Å². The van der Waals surface area contributed by atoms with Gasteiger partial charge in [0.1, 0.15) is 6.04 Å². The van der Waals surface area contributed by atoms with Crippen molar-refractivity contribution >= 4 is 18.0 Å². The molecule has 0 saturated carbocycles. The van der Waals surface area contributed by atoms with Gasteiger partial charge in [0.2, 0.25) is 5.91 Å². The maximum atomic E-state index is 11.9. The van der Waals surface area contributed by atoms with Gasteiger partial charge in [-0.1, -0.05) is 43.7 Å². The second kappa shape index (κ2) is 8.25. The molecular formula is C17H23NO3. The Morgan fingerprint density at radius 2 is 2.05 bits per heavy atom. The molecule has 0 radical (unpaired) electrons. The average molecular weight is 289 g/mol. The fourth-order valence-electron chi connectivity index (χ4n) is 1.99. The van der Waals surface area contributed by atoms with E-state index in [1.807, 2.05) is 45.0 Å².